The molecule has 0 aliphatic carbocycles. The molecule has 3 nitrogen and oxygen atoms in total. The summed E-state index contributed by atoms with van der Waals surface area (Å²) < 4.78 is 0. The monoisotopic (exact) mass is 296 g/mol. The maximum Gasteiger partial charge on any atom is 0.325 e. The van der Waals surface area contributed by atoms with E-state index < -0.39 is 5.54 Å². The molecule has 1 saturated heterocycles. The molecule has 0 spiro atoms. The first-order chi connectivity index (χ1) is 10.1. The van der Waals surface area contributed by atoms with E-state index in [0.717, 1.165) is 11.1 Å². The van der Waals surface area contributed by atoms with E-state index in [1.165, 1.54) is 0 Å². The summed E-state index contributed by atoms with van der Waals surface area (Å²) in [7, 11) is 3.53. The molecule has 0 atom stereocenters. The molecule has 1 heterocycles. The lowest BCUT2D eigenvalue weighted by atomic mass is 9.82. The fourth-order valence-electron chi connectivity index (χ4n) is 3.00. The molecular formula is C17H16N2OS. The van der Waals surface area contributed by atoms with Crippen LogP contribution in [0.25, 0.3) is 0 Å². The van der Waals surface area contributed by atoms with Gasteiger partial charge in [0.25, 0.3) is 0 Å². The van der Waals surface area contributed by atoms with Crippen molar-refractivity contribution in [1.29, 1.82) is 0 Å². The van der Waals surface area contributed by atoms with Crippen LogP contribution in [0.1, 0.15) is 11.1 Å². The Hall–Kier alpha value is -2.20. The third-order valence-electron chi connectivity index (χ3n) is 4.07. The first-order valence-electron chi connectivity index (χ1n) is 6.77. The van der Waals surface area contributed by atoms with Crippen LogP contribution in [0.3, 0.4) is 0 Å². The summed E-state index contributed by atoms with van der Waals surface area (Å²) in [4.78, 5) is 16.3. The van der Waals surface area contributed by atoms with Gasteiger partial charge in [-0.1, -0.05) is 72.9 Å². The van der Waals surface area contributed by atoms with Gasteiger partial charge in [-0.15, -0.1) is 0 Å². The molecule has 21 heavy (non-hydrogen) atoms. The summed E-state index contributed by atoms with van der Waals surface area (Å²) in [6, 6.07) is 19.8. The van der Waals surface area contributed by atoms with Gasteiger partial charge in [-0.2, -0.15) is 0 Å². The minimum absolute atomic E-state index is 0.0901. The second-order valence-electron chi connectivity index (χ2n) is 5.15. The number of nitrogens with zero attached hydrogens (tertiary/aromatic N) is 2. The van der Waals surface area contributed by atoms with Gasteiger partial charge in [0.05, 0.1) is 0 Å². The second-order valence-corrected chi connectivity index (χ2v) is 5.53. The third kappa shape index (κ3) is 1.79. The summed E-state index contributed by atoms with van der Waals surface area (Å²) in [5.74, 6) is 0. The van der Waals surface area contributed by atoms with Crippen molar-refractivity contribution in [3.05, 3.63) is 71.8 Å². The fraction of sp³-hybridized carbons (Fsp3) is 0.176. The molecule has 0 bridgehead atoms. The van der Waals surface area contributed by atoms with Crippen molar-refractivity contribution >= 4 is 23.2 Å². The lowest BCUT2D eigenvalue weighted by molar-refractivity contribution is 0.191. The number of hydrogen-bond donors (Lipinski definition) is 0. The summed E-state index contributed by atoms with van der Waals surface area (Å²) in [5, 5.41) is 0. The molecule has 1 fully saturated rings. The molecule has 2 aromatic carbocycles. The van der Waals surface area contributed by atoms with Crippen LogP contribution in [0.15, 0.2) is 60.7 Å². The lowest BCUT2D eigenvalue weighted by Crippen LogP contribution is -2.45. The fourth-order valence-corrected chi connectivity index (χ4v) is 3.45. The van der Waals surface area contributed by atoms with Gasteiger partial charge in [-0.25, -0.2) is 4.79 Å². The van der Waals surface area contributed by atoms with E-state index in [2.05, 4.69) is 0 Å². The summed E-state index contributed by atoms with van der Waals surface area (Å²) in [5.41, 5.74) is 1.28. The van der Waals surface area contributed by atoms with E-state index in [1.807, 2.05) is 60.7 Å². The minimum atomic E-state index is -0.719. The normalized spacial score (nSPS) is 17.4. The molecule has 0 unspecified atom stereocenters. The van der Waals surface area contributed by atoms with Crippen LogP contribution < -0.4 is 0 Å². The minimum Gasteiger partial charge on any atom is -0.307 e. The van der Waals surface area contributed by atoms with Gasteiger partial charge in [-0.05, 0) is 11.1 Å². The maximum atomic E-state index is 12.4. The number of amides is 2. The molecule has 106 valence electrons. The molecule has 3 rings (SSSR count). The first-order valence-corrected chi connectivity index (χ1v) is 7.18. The molecule has 2 amide bonds. The van der Waals surface area contributed by atoms with Gasteiger partial charge in [0.2, 0.25) is 0 Å². The van der Waals surface area contributed by atoms with E-state index in [9.17, 15) is 4.79 Å². The molecule has 0 radical (unpaired) electrons. The highest BCUT2D eigenvalue weighted by Crippen LogP contribution is 2.42. The number of urea groups is 1. The van der Waals surface area contributed by atoms with Crippen molar-refractivity contribution in [1.82, 2.24) is 9.80 Å². The van der Waals surface area contributed by atoms with Crippen LogP contribution in [0.4, 0.5) is 4.79 Å². The Morgan fingerprint density at radius 3 is 1.62 bits per heavy atom. The largest absolute Gasteiger partial charge is 0.325 e. The number of carbonyl (C=O) groups excluding carboxylic acids is 1. The Morgan fingerprint density at radius 1 is 0.857 bits per heavy atom. The van der Waals surface area contributed by atoms with Crippen LogP contribution in [0.2, 0.25) is 0 Å². The van der Waals surface area contributed by atoms with Crippen LogP contribution in [0.5, 0.6) is 0 Å². The Balaban J connectivity index is 2.32. The van der Waals surface area contributed by atoms with Crippen LogP contribution in [-0.2, 0) is 5.54 Å². The van der Waals surface area contributed by atoms with Gasteiger partial charge in [-0.3, -0.25) is 4.90 Å². The number of carbonyl (C=O) groups is 1. The summed E-state index contributed by atoms with van der Waals surface area (Å²) in [6.07, 6.45) is 0. The highest BCUT2D eigenvalue weighted by atomic mass is 32.1. The number of benzene rings is 2. The highest BCUT2D eigenvalue weighted by molar-refractivity contribution is 7.80. The third-order valence-corrected chi connectivity index (χ3v) is 4.64. The Bertz CT molecular complexity index is 645. The van der Waals surface area contributed by atoms with Gasteiger partial charge < -0.3 is 4.90 Å². The Kier molecular flexibility index (Phi) is 3.26. The predicted molar refractivity (Wildman–Crippen MR) is 87.2 cm³/mol. The number of likely N-dealkylation sites (N-methyl/N-ethyl adjacent to an activating group) is 2. The zero-order valence-corrected chi connectivity index (χ0v) is 12.8. The van der Waals surface area contributed by atoms with Crippen LogP contribution in [0, 0.1) is 0 Å². The maximum absolute atomic E-state index is 12.4. The zero-order valence-electron chi connectivity index (χ0n) is 12.0. The Morgan fingerprint density at radius 2 is 1.29 bits per heavy atom. The van der Waals surface area contributed by atoms with Gasteiger partial charge in [0.15, 0.2) is 0 Å². The topological polar surface area (TPSA) is 23.6 Å². The van der Waals surface area contributed by atoms with E-state index >= 15 is 0 Å². The van der Waals surface area contributed by atoms with Crippen molar-refractivity contribution in [3.63, 3.8) is 0 Å². The van der Waals surface area contributed by atoms with Crippen LogP contribution >= 0.6 is 12.2 Å². The van der Waals surface area contributed by atoms with E-state index in [0.29, 0.717) is 4.99 Å². The zero-order chi connectivity index (χ0) is 15.0. The first kappa shape index (κ1) is 13.8. The standard InChI is InChI=1S/C17H16N2OS/c1-18-15(21)17(19(2)16(18)20,13-9-5-3-6-10-13)14-11-7-4-8-12-14/h3-12H,1-2H3. The molecule has 0 saturated carbocycles. The lowest BCUT2D eigenvalue weighted by Gasteiger charge is -2.35. The highest BCUT2D eigenvalue weighted by Gasteiger charge is 2.53. The number of hydrogen-bond acceptors (Lipinski definition) is 2. The molecule has 0 aromatic heterocycles. The van der Waals surface area contributed by atoms with Crippen molar-refractivity contribution in [2.75, 3.05) is 14.1 Å². The second kappa shape index (κ2) is 4.97. The molecule has 4 heteroatoms. The van der Waals surface area contributed by atoms with E-state index in [-0.39, 0.29) is 6.03 Å². The summed E-state index contributed by atoms with van der Waals surface area (Å²) >= 11 is 5.66. The number of rotatable bonds is 2. The smallest absolute Gasteiger partial charge is 0.307 e. The molecule has 1 aliphatic rings. The molecule has 1 aliphatic heterocycles. The van der Waals surface area contributed by atoms with E-state index in [4.69, 9.17) is 12.2 Å². The van der Waals surface area contributed by atoms with Gasteiger partial charge in [0, 0.05) is 14.1 Å². The van der Waals surface area contributed by atoms with Gasteiger partial charge >= 0.3 is 6.03 Å². The van der Waals surface area contributed by atoms with Crippen molar-refractivity contribution in [2.24, 2.45) is 0 Å². The van der Waals surface area contributed by atoms with E-state index in [1.54, 1.807) is 23.9 Å². The van der Waals surface area contributed by atoms with Crippen molar-refractivity contribution in [3.8, 4) is 0 Å². The Labute approximate surface area is 129 Å². The van der Waals surface area contributed by atoms with Crippen LogP contribution in [-0.4, -0.2) is 34.9 Å². The molecule has 2 aromatic rings. The van der Waals surface area contributed by atoms with Gasteiger partial charge in [0.1, 0.15) is 10.5 Å². The van der Waals surface area contributed by atoms with Crippen molar-refractivity contribution < 1.29 is 4.79 Å². The predicted octanol–water partition coefficient (Wildman–Crippen LogP) is 3.25. The quantitative estimate of drug-likeness (QED) is 0.794. The average molecular weight is 296 g/mol. The average Bonchev–Trinajstić information content (AvgIpc) is 2.71. The number of thiocarbonyl (C=S) groups is 1. The molecule has 0 N–H and O–H groups in total. The molecular weight excluding hydrogens is 280 g/mol. The SMILES string of the molecule is CN1C(=O)N(C)C(c2ccccc2)(c2ccccc2)C1=S. The van der Waals surface area contributed by atoms with Crippen molar-refractivity contribution in [2.45, 2.75) is 5.54 Å². The summed E-state index contributed by atoms with van der Waals surface area (Å²) in [6.45, 7) is 0.